The maximum absolute atomic E-state index is 10.7. The van der Waals surface area contributed by atoms with Crippen LogP contribution in [0.3, 0.4) is 0 Å². The van der Waals surface area contributed by atoms with E-state index in [1.165, 1.54) is 36.4 Å². The van der Waals surface area contributed by atoms with Crippen LogP contribution in [-0.4, -0.2) is 9.85 Å². The summed E-state index contributed by atoms with van der Waals surface area (Å²) in [5.74, 6) is 0.287. The Hall–Kier alpha value is -3.16. The van der Waals surface area contributed by atoms with Gasteiger partial charge < -0.3 is 10.5 Å². The first-order valence-corrected chi connectivity index (χ1v) is 5.87. The van der Waals surface area contributed by atoms with E-state index in [1.807, 2.05) is 0 Å². The van der Waals surface area contributed by atoms with Crippen LogP contribution in [0, 0.1) is 20.2 Å². The maximum atomic E-state index is 10.7. The molecule has 0 atom stereocenters. The van der Waals surface area contributed by atoms with Crippen molar-refractivity contribution in [1.29, 1.82) is 0 Å². The number of nitrogen functional groups attached to an aromatic ring is 1. The second kappa shape index (κ2) is 5.87. The smallest absolute Gasteiger partial charge is 0.273 e. The van der Waals surface area contributed by atoms with Crippen LogP contribution in [0.2, 0.25) is 0 Å². The number of nitrogens with two attached hydrogens (primary N) is 1. The number of nitro groups is 2. The summed E-state index contributed by atoms with van der Waals surface area (Å²) in [7, 11) is 0. The second-order valence-corrected chi connectivity index (χ2v) is 4.18. The number of non-ortho nitro benzene ring substituents is 2. The fourth-order valence-corrected chi connectivity index (χ4v) is 1.68. The number of benzene rings is 2. The molecule has 2 N–H and O–H groups in total. The van der Waals surface area contributed by atoms with Crippen molar-refractivity contribution in [3.05, 3.63) is 68.3 Å². The third kappa shape index (κ3) is 3.44. The van der Waals surface area contributed by atoms with E-state index in [9.17, 15) is 20.2 Å². The van der Waals surface area contributed by atoms with Crippen molar-refractivity contribution >= 4 is 17.1 Å². The molecule has 0 spiro atoms. The Balaban J connectivity index is 2.16. The number of ether oxygens (including phenoxy) is 1. The van der Waals surface area contributed by atoms with E-state index < -0.39 is 9.85 Å². The lowest BCUT2D eigenvalue weighted by atomic mass is 10.1. The van der Waals surface area contributed by atoms with E-state index >= 15 is 0 Å². The predicted molar refractivity (Wildman–Crippen MR) is 74.9 cm³/mol. The third-order valence-corrected chi connectivity index (χ3v) is 2.76. The first-order valence-electron chi connectivity index (χ1n) is 5.87. The highest BCUT2D eigenvalue weighted by Gasteiger charge is 2.11. The molecule has 0 aromatic heterocycles. The Morgan fingerprint density at radius 2 is 1.67 bits per heavy atom. The van der Waals surface area contributed by atoms with Crippen LogP contribution in [0.4, 0.5) is 17.1 Å². The standard InChI is InChI=1S/C13H11N3O5/c14-13-5-4-11(16(19)20)6-9(13)8-21-12-3-1-2-10(7-12)15(17)18/h1-7H,8,14H2. The lowest BCUT2D eigenvalue weighted by Crippen LogP contribution is -2.02. The Bertz CT molecular complexity index is 702. The van der Waals surface area contributed by atoms with E-state index in [2.05, 4.69) is 0 Å². The molecule has 0 unspecified atom stereocenters. The molecule has 0 bridgehead atoms. The van der Waals surface area contributed by atoms with Crippen molar-refractivity contribution in [2.45, 2.75) is 6.61 Å². The summed E-state index contributed by atoms with van der Waals surface area (Å²) in [4.78, 5) is 20.3. The molecule has 8 heteroatoms. The van der Waals surface area contributed by atoms with Gasteiger partial charge in [0.25, 0.3) is 11.4 Å². The topological polar surface area (TPSA) is 122 Å². The summed E-state index contributed by atoms with van der Waals surface area (Å²) < 4.78 is 5.39. The van der Waals surface area contributed by atoms with E-state index in [4.69, 9.17) is 10.5 Å². The van der Waals surface area contributed by atoms with Gasteiger partial charge in [-0.2, -0.15) is 0 Å². The van der Waals surface area contributed by atoms with Crippen LogP contribution in [-0.2, 0) is 6.61 Å². The Kier molecular flexibility index (Phi) is 3.98. The normalized spacial score (nSPS) is 10.1. The summed E-state index contributed by atoms with van der Waals surface area (Å²) in [6, 6.07) is 9.69. The lowest BCUT2D eigenvalue weighted by Gasteiger charge is -2.08. The van der Waals surface area contributed by atoms with Crippen molar-refractivity contribution in [1.82, 2.24) is 0 Å². The first-order chi connectivity index (χ1) is 9.97. The highest BCUT2D eigenvalue weighted by atomic mass is 16.6. The molecule has 0 saturated carbocycles. The number of nitrogens with zero attached hydrogens (tertiary/aromatic N) is 2. The summed E-state index contributed by atoms with van der Waals surface area (Å²) in [5.41, 5.74) is 6.32. The molecule has 0 saturated heterocycles. The molecule has 0 aliphatic carbocycles. The van der Waals surface area contributed by atoms with Crippen LogP contribution in [0.1, 0.15) is 5.56 Å². The Morgan fingerprint density at radius 3 is 2.33 bits per heavy atom. The lowest BCUT2D eigenvalue weighted by molar-refractivity contribution is -0.385. The van der Waals surface area contributed by atoms with Gasteiger partial charge in [0.1, 0.15) is 12.4 Å². The van der Waals surface area contributed by atoms with Crippen molar-refractivity contribution in [2.75, 3.05) is 5.73 Å². The summed E-state index contributed by atoms with van der Waals surface area (Å²) >= 11 is 0. The zero-order valence-electron chi connectivity index (χ0n) is 10.8. The van der Waals surface area contributed by atoms with Crippen molar-refractivity contribution in [3.8, 4) is 5.75 Å². The molecule has 0 radical (unpaired) electrons. The number of nitro benzene ring substituents is 2. The highest BCUT2D eigenvalue weighted by molar-refractivity contribution is 5.52. The fourth-order valence-electron chi connectivity index (χ4n) is 1.68. The molecule has 108 valence electrons. The highest BCUT2D eigenvalue weighted by Crippen LogP contribution is 2.23. The van der Waals surface area contributed by atoms with Crippen LogP contribution in [0.5, 0.6) is 5.75 Å². The minimum absolute atomic E-state index is 0.0192. The van der Waals surface area contributed by atoms with Gasteiger partial charge in [-0.3, -0.25) is 20.2 Å². The second-order valence-electron chi connectivity index (χ2n) is 4.18. The van der Waals surface area contributed by atoms with E-state index in [0.29, 0.717) is 11.3 Å². The van der Waals surface area contributed by atoms with Crippen LogP contribution in [0.15, 0.2) is 42.5 Å². The van der Waals surface area contributed by atoms with Gasteiger partial charge >= 0.3 is 0 Å². The molecule has 21 heavy (non-hydrogen) atoms. The monoisotopic (exact) mass is 289 g/mol. The van der Waals surface area contributed by atoms with Crippen LogP contribution < -0.4 is 10.5 Å². The number of anilines is 1. The first kappa shape index (κ1) is 14.3. The molecule has 0 heterocycles. The summed E-state index contributed by atoms with van der Waals surface area (Å²) in [5, 5.41) is 21.4. The predicted octanol–water partition coefficient (Wildman–Crippen LogP) is 2.66. The Labute approximate surface area is 119 Å². The number of rotatable bonds is 5. The van der Waals surface area contributed by atoms with Gasteiger partial charge in [-0.15, -0.1) is 0 Å². The minimum atomic E-state index is -0.533. The molecule has 2 rings (SSSR count). The van der Waals surface area contributed by atoms with Crippen LogP contribution >= 0.6 is 0 Å². The fraction of sp³-hybridized carbons (Fsp3) is 0.0769. The van der Waals surface area contributed by atoms with Gasteiger partial charge in [0.2, 0.25) is 0 Å². The molecule has 2 aromatic carbocycles. The van der Waals surface area contributed by atoms with Gasteiger partial charge in [-0.1, -0.05) is 6.07 Å². The van der Waals surface area contributed by atoms with Crippen molar-refractivity contribution in [3.63, 3.8) is 0 Å². The SMILES string of the molecule is Nc1ccc([N+](=O)[O-])cc1COc1cccc([N+](=O)[O-])c1. The average Bonchev–Trinajstić information content (AvgIpc) is 2.46. The molecule has 8 nitrogen and oxygen atoms in total. The van der Waals surface area contributed by atoms with Gasteiger partial charge in [0, 0.05) is 29.4 Å². The van der Waals surface area contributed by atoms with E-state index in [1.54, 1.807) is 6.07 Å². The zero-order valence-corrected chi connectivity index (χ0v) is 10.8. The van der Waals surface area contributed by atoms with E-state index in [-0.39, 0.29) is 23.7 Å². The summed E-state index contributed by atoms with van der Waals surface area (Å²) in [6.07, 6.45) is 0. The number of hydrogen-bond acceptors (Lipinski definition) is 6. The van der Waals surface area contributed by atoms with Crippen molar-refractivity contribution < 1.29 is 14.6 Å². The number of hydrogen-bond donors (Lipinski definition) is 1. The third-order valence-electron chi connectivity index (χ3n) is 2.76. The van der Waals surface area contributed by atoms with Gasteiger partial charge in [-0.25, -0.2) is 0 Å². The minimum Gasteiger partial charge on any atom is -0.489 e. The molecular formula is C13H11N3O5. The summed E-state index contributed by atoms with van der Waals surface area (Å²) in [6.45, 7) is -0.0192. The van der Waals surface area contributed by atoms with E-state index in [0.717, 1.165) is 0 Å². The Morgan fingerprint density at radius 1 is 1.00 bits per heavy atom. The quantitative estimate of drug-likeness (QED) is 0.513. The largest absolute Gasteiger partial charge is 0.489 e. The van der Waals surface area contributed by atoms with Gasteiger partial charge in [0.05, 0.1) is 15.9 Å². The molecule has 0 amide bonds. The maximum Gasteiger partial charge on any atom is 0.273 e. The van der Waals surface area contributed by atoms with Gasteiger partial charge in [0.15, 0.2) is 0 Å². The molecule has 0 aliphatic rings. The molecule has 0 fully saturated rings. The molecular weight excluding hydrogens is 278 g/mol. The molecule has 2 aromatic rings. The van der Waals surface area contributed by atoms with Crippen LogP contribution in [0.25, 0.3) is 0 Å². The average molecular weight is 289 g/mol. The molecule has 0 aliphatic heterocycles. The van der Waals surface area contributed by atoms with Gasteiger partial charge in [-0.05, 0) is 12.1 Å². The van der Waals surface area contributed by atoms with Crippen molar-refractivity contribution in [2.24, 2.45) is 0 Å². The zero-order chi connectivity index (χ0) is 15.4.